The molecule has 5 aliphatic heterocycles. The number of unbranched alkanes of at least 4 members (excludes halogenated alkanes) is 3. The van der Waals surface area contributed by atoms with Crippen molar-refractivity contribution in [2.45, 2.75) is 312 Å². The van der Waals surface area contributed by atoms with E-state index in [9.17, 15) is 67.7 Å². The zero-order valence-electron chi connectivity index (χ0n) is 79.3. The van der Waals surface area contributed by atoms with Gasteiger partial charge < -0.3 is 127 Å². The highest BCUT2D eigenvalue weighted by Gasteiger charge is 2.47. The van der Waals surface area contributed by atoms with Crippen LogP contribution in [0.1, 0.15) is 208 Å². The zero-order chi connectivity index (χ0) is 100. The molecule has 17 atom stereocenters. The van der Waals surface area contributed by atoms with Gasteiger partial charge in [-0.15, -0.1) is 0 Å². The summed E-state index contributed by atoms with van der Waals surface area (Å²) in [5.41, 5.74) is 23.6. The van der Waals surface area contributed by atoms with Gasteiger partial charge in [-0.25, -0.2) is 0 Å². The summed E-state index contributed by atoms with van der Waals surface area (Å²) in [6.45, 7) is 10.9. The molecule has 44 nitrogen and oxygen atoms in total. The molecule has 1 aromatic rings. The van der Waals surface area contributed by atoms with Crippen molar-refractivity contribution >= 4 is 152 Å². The number of carbonyl (C=O) groups excluding carboxylic acids is 18. The minimum atomic E-state index is -1.83. The Morgan fingerprint density at radius 2 is 1.10 bits per heavy atom. The van der Waals surface area contributed by atoms with Gasteiger partial charge in [-0.3, -0.25) is 96.5 Å². The predicted octanol–water partition coefficient (Wildman–Crippen LogP) is -3.17. The number of fused-ring (bicyclic) bond motifs is 1. The quantitative estimate of drug-likeness (QED) is 0.0133. The lowest BCUT2D eigenvalue weighted by atomic mass is 10.0. The minimum Gasteiger partial charge on any atom is -0.481 e. The largest absolute Gasteiger partial charge is 0.481 e. The van der Waals surface area contributed by atoms with Crippen molar-refractivity contribution in [3.63, 3.8) is 0 Å². The number of thioether (sulfide) groups is 1. The Balaban J connectivity index is 1.48. The van der Waals surface area contributed by atoms with E-state index < -0.39 is 240 Å². The van der Waals surface area contributed by atoms with Crippen LogP contribution in [0.25, 0.3) is 0 Å². The first-order chi connectivity index (χ1) is 64.8. The number of carboxylic acids is 1. The van der Waals surface area contributed by atoms with Crippen molar-refractivity contribution in [3.8, 4) is 0 Å². The fourth-order valence-corrected chi connectivity index (χ4v) is 19.6. The van der Waals surface area contributed by atoms with Gasteiger partial charge in [0.25, 0.3) is 0 Å². The summed E-state index contributed by atoms with van der Waals surface area (Å²) < 4.78 is 0. The molecule has 5 aliphatic rings. The van der Waals surface area contributed by atoms with Gasteiger partial charge in [0.1, 0.15) is 103 Å². The van der Waals surface area contributed by atoms with Crippen molar-refractivity contribution in [3.05, 3.63) is 35.9 Å². The van der Waals surface area contributed by atoms with Crippen LogP contribution in [0.2, 0.25) is 0 Å². The maximum Gasteiger partial charge on any atom is 0.303 e. The summed E-state index contributed by atoms with van der Waals surface area (Å²) >= 11 is 1.33. The number of amides is 18. The molecule has 0 saturated carbocycles. The van der Waals surface area contributed by atoms with E-state index in [1.165, 1.54) is 45.2 Å². The summed E-state index contributed by atoms with van der Waals surface area (Å²) in [6.07, 6.45) is 4.15. The van der Waals surface area contributed by atoms with Crippen molar-refractivity contribution in [2.75, 3.05) is 75.9 Å². The highest BCUT2D eigenvalue weighted by molar-refractivity contribution is 8.76. The van der Waals surface area contributed by atoms with E-state index >= 15 is 33.6 Å². The van der Waals surface area contributed by atoms with E-state index in [2.05, 4.69) is 74.4 Å². The van der Waals surface area contributed by atoms with Crippen LogP contribution in [-0.2, 0) is 97.5 Å². The van der Waals surface area contributed by atoms with Gasteiger partial charge in [0, 0.05) is 64.0 Å². The van der Waals surface area contributed by atoms with Gasteiger partial charge in [-0.2, -0.15) is 11.8 Å². The highest BCUT2D eigenvalue weighted by Crippen LogP contribution is 2.30. The van der Waals surface area contributed by atoms with Crippen LogP contribution < -0.4 is 97.4 Å². The molecule has 18 amide bonds. The third kappa shape index (κ3) is 36.4. The third-order valence-electron chi connectivity index (χ3n) is 24.3. The maximum atomic E-state index is 15.6. The number of nitrogens with zero attached hydrogens (tertiary/aromatic N) is 4. The van der Waals surface area contributed by atoms with Crippen LogP contribution in [-0.4, -0.2) is 327 Å². The van der Waals surface area contributed by atoms with E-state index in [0.29, 0.717) is 50.5 Å². The van der Waals surface area contributed by atoms with Crippen LogP contribution in [0.15, 0.2) is 30.3 Å². The number of rotatable bonds is 40. The molecule has 6 rings (SSSR count). The van der Waals surface area contributed by atoms with Gasteiger partial charge in [-0.05, 0) is 184 Å². The molecule has 3 unspecified atom stereocenters. The normalized spacial score (nSPS) is 24.4. The van der Waals surface area contributed by atoms with Crippen molar-refractivity contribution in [2.24, 2.45) is 34.8 Å². The molecule has 0 aromatic heterocycles. The first-order valence-corrected chi connectivity index (χ1v) is 51.2. The number of carbonyl (C=O) groups is 19. The smallest absolute Gasteiger partial charge is 0.303 e. The monoisotopic (exact) mass is 1970 g/mol. The highest BCUT2D eigenvalue weighted by atomic mass is 33.1. The number of likely N-dealkylation sites (tertiary alicyclic amines) is 3. The molecule has 0 aliphatic carbocycles. The van der Waals surface area contributed by atoms with Gasteiger partial charge in [0.2, 0.25) is 106 Å². The molecule has 25 N–H and O–H groups in total. The number of aliphatic hydroxyl groups excluding tert-OH is 1. The summed E-state index contributed by atoms with van der Waals surface area (Å²) in [5.74, 6) is -17.5. The molecule has 0 spiro atoms. The van der Waals surface area contributed by atoms with E-state index in [0.717, 1.165) is 21.6 Å². The Morgan fingerprint density at radius 1 is 0.559 bits per heavy atom. The molecule has 1 aromatic carbocycles. The van der Waals surface area contributed by atoms with E-state index in [1.54, 1.807) is 64.3 Å². The second-order valence-corrected chi connectivity index (χ2v) is 39.4. The van der Waals surface area contributed by atoms with Crippen molar-refractivity contribution in [1.29, 1.82) is 5.41 Å². The number of aliphatic hydroxyl groups is 1. The number of guanidine groups is 1. The standard InChI is InChI=1S/C89H145N23O21S3/c1-9-10-25-60-85(130)109-40-19-29-66(109)82(127)96-52(6)73(118)107-64(48-113)80(125)106-63(47-54-23-12-11-13-24-54)79(124)108-65(81(126)104-61(27-15-17-38-91)86(131)112-43-22-32-69(112)87(132)110-41-20-30-67(110)83(128)98-55(72(92)117)33-34-70(115)116)49-136-135-45-36-59(101-76(121)58(35-44-134-8)102-84(129)68-31-21-42-111(68)88(133)71(51(4)5)97-53(7)114)77(122)105-62(46-50(2)3)78(123)100-57(28-18-39-95-89(93)94)74(119)99-56(75(120)103-60)26-14-16-37-90/h11-13,23-24,50-52,55-69,71,113H,9-10,14-22,25-49,90-91H2,1-8H3,(H2,92,117)(H,96,127)(H,97,114)(H,98,128)(H,99,119)(H,100,123)(H,101,121)(H,102,129)(H,103,120)(H,104,126)(H,105,122)(H,106,125)(H,107,118)(H,108,124)(H,115,116)(H4,93,94,95)/t52?,55-,56-,57-,58-,59?,60-,61?,62-,63-,64-,65-,66-,67-,68-,69-,71-/m0/s1. The third-order valence-corrected chi connectivity index (χ3v) is 27.4. The average molecular weight is 1970 g/mol. The molecule has 760 valence electrons. The number of carboxylic acid groups (broad SMARTS) is 1. The van der Waals surface area contributed by atoms with Crippen molar-refractivity contribution < 1.29 is 101 Å². The van der Waals surface area contributed by atoms with Gasteiger partial charge in [0.05, 0.1) is 6.61 Å². The summed E-state index contributed by atoms with van der Waals surface area (Å²) in [6, 6.07) is -15.5. The van der Waals surface area contributed by atoms with E-state index in [-0.39, 0.29) is 178 Å². The molecule has 136 heavy (non-hydrogen) atoms. The molecule has 5 saturated heterocycles. The maximum absolute atomic E-state index is 15.6. The number of primary amides is 1. The SMILES string of the molecule is CCCC[C@@H]1NC(=O)[C@H](CCCCN)NC(=O)[C@H](CCCNC(=N)N)NC(=O)[C@H](CC(C)C)NC(=O)C(NC(=O)[C@H](CCSC)NC(=O)[C@@H]2CCCN2C(=O)[C@@H](NC(C)=O)C(C)C)CCSSC[C@@H](C(=O)NC(CCCCN)C(=O)N2CCC[C@H]2C(=O)N2CCC[C@H]2C(=O)N[C@@H](CCC(=O)O)C(N)=O)NC(=O)[C@H](Cc2ccccc2)NC(=O)[C@H](CO)NC(=O)C(C)NC(=O)[C@@H]2CCCN2C1=O. The lowest BCUT2D eigenvalue weighted by Crippen LogP contribution is -2.61. The molecule has 47 heteroatoms. The molecule has 5 fully saturated rings. The van der Waals surface area contributed by atoms with E-state index in [4.69, 9.17) is 28.3 Å². The van der Waals surface area contributed by atoms with E-state index in [1.807, 2.05) is 6.92 Å². The number of nitrogens with one attached hydrogen (secondary N) is 15. The van der Waals surface area contributed by atoms with Crippen molar-refractivity contribution in [1.82, 2.24) is 94.0 Å². The molecular weight excluding hydrogens is 1820 g/mol. The summed E-state index contributed by atoms with van der Waals surface area (Å²) in [4.78, 5) is 280. The van der Waals surface area contributed by atoms with Crippen LogP contribution in [0.4, 0.5) is 0 Å². The zero-order valence-corrected chi connectivity index (χ0v) is 81.7. The Labute approximate surface area is 806 Å². The number of benzene rings is 1. The first kappa shape index (κ1) is 114. The van der Waals surface area contributed by atoms with Crippen LogP contribution in [0, 0.1) is 17.2 Å². The Morgan fingerprint density at radius 3 is 1.70 bits per heavy atom. The Kier molecular flexibility index (Phi) is 49.3. The topological polar surface area (TPSA) is 674 Å². The number of hydrogen-bond acceptors (Lipinski definition) is 26. The van der Waals surface area contributed by atoms with Crippen LogP contribution in [0.5, 0.6) is 0 Å². The van der Waals surface area contributed by atoms with Gasteiger partial charge in [0.15, 0.2) is 5.96 Å². The van der Waals surface area contributed by atoms with Crippen LogP contribution >= 0.6 is 33.3 Å². The fourth-order valence-electron chi connectivity index (χ4n) is 16.9. The second kappa shape index (κ2) is 58.8. The summed E-state index contributed by atoms with van der Waals surface area (Å²) in [5, 5.41) is 66.0. The first-order valence-electron chi connectivity index (χ1n) is 47.3. The predicted molar refractivity (Wildman–Crippen MR) is 510 cm³/mol. The second-order valence-electron chi connectivity index (χ2n) is 35.8. The average Bonchev–Trinajstić information content (AvgIpc) is 1.70. The van der Waals surface area contributed by atoms with Gasteiger partial charge >= 0.3 is 5.97 Å². The van der Waals surface area contributed by atoms with Crippen LogP contribution in [0.3, 0.4) is 0 Å². The summed E-state index contributed by atoms with van der Waals surface area (Å²) in [7, 11) is 1.97. The lowest BCUT2D eigenvalue weighted by Gasteiger charge is -2.33. The Bertz CT molecular complexity index is 4260. The molecule has 0 radical (unpaired) electrons. The molecule has 0 bridgehead atoms. The molecule has 5 heterocycles. The fraction of sp³-hybridized carbons (Fsp3) is 0.708. The minimum absolute atomic E-state index is 0.000385. The lowest BCUT2D eigenvalue weighted by molar-refractivity contribution is -0.148. The number of aliphatic carboxylic acids is 1. The number of nitrogens with two attached hydrogens (primary N) is 4. The number of hydrogen-bond donors (Lipinski definition) is 21. The molecular formula is C89H145N23O21S3. The van der Waals surface area contributed by atoms with Gasteiger partial charge in [-0.1, -0.05) is 99.4 Å². The Hall–Kier alpha value is -10.7.